The molecule has 194 valence electrons. The Morgan fingerprint density at radius 1 is 0.545 bits per heavy atom. The zero-order valence-electron chi connectivity index (χ0n) is 17.6. The van der Waals surface area contributed by atoms with Gasteiger partial charge in [0.1, 0.15) is 67.1 Å². The molecule has 0 aliphatic carbocycles. The largest absolute Gasteiger partial charge is 0.394 e. The number of hydrogen-bond donors (Lipinski definition) is 10. The predicted octanol–water partition coefficient (Wildman–Crippen LogP) is -6.55. The Balaban J connectivity index is 1.80. The minimum absolute atomic E-state index is 0.731. The van der Waals surface area contributed by atoms with Gasteiger partial charge in [-0.1, -0.05) is 0 Å². The molecule has 1 unspecified atom stereocenters. The summed E-state index contributed by atoms with van der Waals surface area (Å²) in [6.07, 6.45) is -24.1. The van der Waals surface area contributed by atoms with Crippen molar-refractivity contribution in [3.8, 4) is 0 Å². The quantitative estimate of drug-likeness (QED) is 0.167. The lowest BCUT2D eigenvalue weighted by Crippen LogP contribution is -2.66. The first-order chi connectivity index (χ1) is 15.5. The predicted molar refractivity (Wildman–Crippen MR) is 99.8 cm³/mol. The molecule has 3 aliphatic rings. The summed E-state index contributed by atoms with van der Waals surface area (Å²) in [5.41, 5.74) is 0. The normalized spacial score (nSPS) is 53.7. The first-order valence-corrected chi connectivity index (χ1v) is 10.4. The second-order valence-corrected chi connectivity index (χ2v) is 8.32. The third-order valence-corrected chi connectivity index (χ3v) is 6.06. The zero-order valence-corrected chi connectivity index (χ0v) is 17.6. The first-order valence-electron chi connectivity index (χ1n) is 10.4. The van der Waals surface area contributed by atoms with E-state index in [1.54, 1.807) is 0 Å². The van der Waals surface area contributed by atoms with E-state index in [1.807, 2.05) is 0 Å². The van der Waals surface area contributed by atoms with Gasteiger partial charge in [-0.25, -0.2) is 0 Å². The van der Waals surface area contributed by atoms with Crippen LogP contribution in [-0.4, -0.2) is 156 Å². The molecule has 33 heavy (non-hydrogen) atoms. The molecule has 0 aromatic rings. The van der Waals surface area contributed by atoms with Gasteiger partial charge in [0.2, 0.25) is 0 Å². The molecule has 3 fully saturated rings. The smallest absolute Gasteiger partial charge is 0.187 e. The van der Waals surface area contributed by atoms with Gasteiger partial charge in [-0.2, -0.15) is 0 Å². The van der Waals surface area contributed by atoms with Crippen molar-refractivity contribution in [1.82, 2.24) is 0 Å². The molecule has 3 saturated heterocycles. The molecule has 0 spiro atoms. The van der Waals surface area contributed by atoms with Gasteiger partial charge in [0.25, 0.3) is 0 Å². The highest BCUT2D eigenvalue weighted by Gasteiger charge is 2.53. The summed E-state index contributed by atoms with van der Waals surface area (Å²) in [5, 5.41) is 99.9. The fraction of sp³-hybridized carbons (Fsp3) is 1.00. The van der Waals surface area contributed by atoms with Gasteiger partial charge in [0.15, 0.2) is 18.9 Å². The lowest BCUT2D eigenvalue weighted by molar-refractivity contribution is -0.385. The summed E-state index contributed by atoms with van der Waals surface area (Å²) in [6.45, 7) is -0.0778. The molecular formula is C18H32O15. The van der Waals surface area contributed by atoms with E-state index in [1.165, 1.54) is 6.92 Å². The molecule has 0 bridgehead atoms. The van der Waals surface area contributed by atoms with Crippen molar-refractivity contribution in [3.63, 3.8) is 0 Å². The van der Waals surface area contributed by atoms with Crippen LogP contribution in [0.1, 0.15) is 6.92 Å². The third kappa shape index (κ3) is 5.32. The molecule has 15 heteroatoms. The maximum Gasteiger partial charge on any atom is 0.187 e. The van der Waals surface area contributed by atoms with Crippen LogP contribution < -0.4 is 0 Å². The Morgan fingerprint density at radius 3 is 1.39 bits per heavy atom. The Morgan fingerprint density at radius 2 is 0.970 bits per heavy atom. The van der Waals surface area contributed by atoms with Crippen molar-refractivity contribution < 1.29 is 74.7 Å². The Hall–Kier alpha value is -0.600. The summed E-state index contributed by atoms with van der Waals surface area (Å²) in [6, 6.07) is 0. The summed E-state index contributed by atoms with van der Waals surface area (Å²) >= 11 is 0. The van der Waals surface area contributed by atoms with E-state index in [0.29, 0.717) is 0 Å². The fourth-order valence-electron chi connectivity index (χ4n) is 3.97. The van der Waals surface area contributed by atoms with E-state index in [-0.39, 0.29) is 0 Å². The lowest BCUT2D eigenvalue weighted by atomic mass is 9.96. The van der Waals surface area contributed by atoms with Gasteiger partial charge in [-0.15, -0.1) is 0 Å². The van der Waals surface area contributed by atoms with Gasteiger partial charge >= 0.3 is 0 Å². The number of aliphatic hydroxyl groups is 10. The molecule has 15 atom stereocenters. The van der Waals surface area contributed by atoms with Crippen molar-refractivity contribution >= 4 is 0 Å². The van der Waals surface area contributed by atoms with E-state index in [0.717, 1.165) is 0 Å². The molecule has 0 amide bonds. The third-order valence-electron chi connectivity index (χ3n) is 6.06. The molecule has 0 aromatic heterocycles. The molecule has 0 aromatic carbocycles. The fourth-order valence-corrected chi connectivity index (χ4v) is 3.97. The average molecular weight is 488 g/mol. The second kappa shape index (κ2) is 11.0. The maximum atomic E-state index is 10.6. The highest BCUT2D eigenvalue weighted by atomic mass is 16.8. The molecule has 15 nitrogen and oxygen atoms in total. The van der Waals surface area contributed by atoms with Gasteiger partial charge in [0, 0.05) is 0 Å². The van der Waals surface area contributed by atoms with Crippen molar-refractivity contribution in [2.45, 2.75) is 99.0 Å². The molecule has 3 heterocycles. The van der Waals surface area contributed by atoms with Crippen LogP contribution in [0.15, 0.2) is 0 Å². The van der Waals surface area contributed by atoms with Crippen molar-refractivity contribution in [3.05, 3.63) is 0 Å². The van der Waals surface area contributed by atoms with Crippen molar-refractivity contribution in [2.75, 3.05) is 13.2 Å². The van der Waals surface area contributed by atoms with Crippen LogP contribution in [0.3, 0.4) is 0 Å². The van der Waals surface area contributed by atoms with Crippen LogP contribution in [0.2, 0.25) is 0 Å². The first kappa shape index (κ1) is 27.0. The van der Waals surface area contributed by atoms with E-state index < -0.39 is 105 Å². The van der Waals surface area contributed by atoms with E-state index >= 15 is 0 Å². The van der Waals surface area contributed by atoms with Crippen LogP contribution in [0.25, 0.3) is 0 Å². The Bertz CT molecular complexity index is 622. The van der Waals surface area contributed by atoms with E-state index in [2.05, 4.69) is 0 Å². The molecule has 3 rings (SSSR count). The molecule has 3 aliphatic heterocycles. The Kier molecular flexibility index (Phi) is 8.99. The minimum atomic E-state index is -1.83. The van der Waals surface area contributed by atoms with Crippen LogP contribution in [0, 0.1) is 0 Å². The second-order valence-electron chi connectivity index (χ2n) is 8.32. The minimum Gasteiger partial charge on any atom is -0.394 e. The molecule has 10 N–H and O–H groups in total. The summed E-state index contributed by atoms with van der Waals surface area (Å²) in [5.74, 6) is 0. The number of rotatable bonds is 6. The van der Waals surface area contributed by atoms with Gasteiger partial charge in [-0.05, 0) is 6.92 Å². The highest BCUT2D eigenvalue weighted by molar-refractivity contribution is 4.95. The topological polar surface area (TPSA) is 248 Å². The van der Waals surface area contributed by atoms with Gasteiger partial charge < -0.3 is 74.7 Å². The molecule has 0 saturated carbocycles. The number of aliphatic hydroxyl groups excluding tert-OH is 10. The zero-order chi connectivity index (χ0) is 24.6. The summed E-state index contributed by atoms with van der Waals surface area (Å²) in [7, 11) is 0. The van der Waals surface area contributed by atoms with E-state index in [4.69, 9.17) is 23.7 Å². The summed E-state index contributed by atoms with van der Waals surface area (Å²) in [4.78, 5) is 0. The molecule has 0 radical (unpaired) electrons. The Labute approximate surface area is 187 Å². The highest BCUT2D eigenvalue weighted by Crippen LogP contribution is 2.32. The van der Waals surface area contributed by atoms with Gasteiger partial charge in [-0.3, -0.25) is 0 Å². The number of ether oxygens (including phenoxy) is 5. The van der Waals surface area contributed by atoms with Crippen LogP contribution in [0.4, 0.5) is 0 Å². The monoisotopic (exact) mass is 488 g/mol. The van der Waals surface area contributed by atoms with Crippen molar-refractivity contribution in [1.29, 1.82) is 0 Å². The summed E-state index contributed by atoms with van der Waals surface area (Å²) < 4.78 is 26.8. The maximum absolute atomic E-state index is 10.6. The number of hydrogen-bond acceptors (Lipinski definition) is 15. The van der Waals surface area contributed by atoms with Crippen LogP contribution in [0.5, 0.6) is 0 Å². The lowest BCUT2D eigenvalue weighted by Gasteiger charge is -2.48. The SMILES string of the molecule is C[C@@H]1OC(O)[C@H](O[C@H]2O[C@H](CO)[C@@H](O)[C@H](O)[C@@H]2O)[C@H](O[C@@H]2O[C@H](CO)[C@@H](O)[C@H](O)[C@H]2O)[C@H]1O. The van der Waals surface area contributed by atoms with E-state index in [9.17, 15) is 51.1 Å². The van der Waals surface area contributed by atoms with Crippen molar-refractivity contribution in [2.24, 2.45) is 0 Å². The standard InChI is InChI=1S/C18H32O15/c1-4-7(21)14(32-17-12(26)10(24)8(22)5(2-19)30-17)15(16(28)29-4)33-18-13(27)11(25)9(23)6(3-20)31-18/h4-28H,2-3H2,1H3/t4-,5+,6+,7-,8+,9+,10-,11-,12+,13-,14+,15+,16?,17-,18+/m0/s1. The molecular weight excluding hydrogens is 456 g/mol. The average Bonchev–Trinajstić information content (AvgIpc) is 2.79. The van der Waals surface area contributed by atoms with Crippen LogP contribution >= 0.6 is 0 Å². The van der Waals surface area contributed by atoms with Crippen LogP contribution in [-0.2, 0) is 23.7 Å². The van der Waals surface area contributed by atoms with Gasteiger partial charge in [0.05, 0.1) is 19.3 Å².